The van der Waals surface area contributed by atoms with Crippen LogP contribution in [0.25, 0.3) is 0 Å². The number of rotatable bonds is 4. The van der Waals surface area contributed by atoms with Crippen molar-refractivity contribution in [2.24, 2.45) is 0 Å². The normalized spacial score (nSPS) is 26.5. The Bertz CT molecular complexity index is 183. The van der Waals surface area contributed by atoms with Gasteiger partial charge in [0.15, 0.2) is 0 Å². The summed E-state index contributed by atoms with van der Waals surface area (Å²) >= 11 is 0. The Morgan fingerprint density at radius 3 is 1.29 bits per heavy atom. The van der Waals surface area contributed by atoms with Crippen LogP contribution in [0.5, 0.6) is 0 Å². The molecule has 2 aliphatic heterocycles. The molecular formula is C13H28N4. The van der Waals surface area contributed by atoms with Crippen molar-refractivity contribution in [1.82, 2.24) is 19.6 Å². The maximum absolute atomic E-state index is 2.62. The Hall–Kier alpha value is -0.160. The molecule has 2 fully saturated rings. The molecule has 0 aliphatic carbocycles. The highest BCUT2D eigenvalue weighted by Gasteiger charge is 2.15. The predicted octanol–water partition coefficient (Wildman–Crippen LogP) is -0.129. The Labute approximate surface area is 106 Å². The Morgan fingerprint density at radius 1 is 0.588 bits per heavy atom. The third kappa shape index (κ3) is 4.54. The fourth-order valence-electron chi connectivity index (χ4n) is 2.66. The molecule has 0 amide bonds. The maximum atomic E-state index is 2.62. The molecular weight excluding hydrogens is 212 g/mol. The van der Waals surface area contributed by atoms with Gasteiger partial charge in [-0.3, -0.25) is 0 Å². The fourth-order valence-corrected chi connectivity index (χ4v) is 2.66. The molecule has 0 aromatic heterocycles. The summed E-state index contributed by atoms with van der Waals surface area (Å²) in [7, 11) is 4.45. The first-order valence-electron chi connectivity index (χ1n) is 7.06. The quantitative estimate of drug-likeness (QED) is 0.679. The summed E-state index contributed by atoms with van der Waals surface area (Å²) in [5.74, 6) is 0. The van der Waals surface area contributed by atoms with Gasteiger partial charge in [-0.2, -0.15) is 0 Å². The van der Waals surface area contributed by atoms with Gasteiger partial charge in [-0.25, -0.2) is 0 Å². The Balaban J connectivity index is 1.54. The minimum absolute atomic E-state index is 1.24. The third-order valence-corrected chi connectivity index (χ3v) is 4.14. The molecule has 0 radical (unpaired) electrons. The van der Waals surface area contributed by atoms with Crippen molar-refractivity contribution in [3.05, 3.63) is 0 Å². The number of hydrogen-bond acceptors (Lipinski definition) is 4. The van der Waals surface area contributed by atoms with Crippen molar-refractivity contribution in [2.45, 2.75) is 6.42 Å². The molecule has 2 saturated heterocycles. The van der Waals surface area contributed by atoms with E-state index in [1.54, 1.807) is 0 Å². The molecule has 0 N–H and O–H groups in total. The molecule has 100 valence electrons. The van der Waals surface area contributed by atoms with Gasteiger partial charge in [0.2, 0.25) is 0 Å². The Morgan fingerprint density at radius 2 is 0.941 bits per heavy atom. The van der Waals surface area contributed by atoms with Crippen LogP contribution in [0.1, 0.15) is 6.42 Å². The fraction of sp³-hybridized carbons (Fsp3) is 1.00. The summed E-state index contributed by atoms with van der Waals surface area (Å²) in [5, 5.41) is 0. The molecule has 0 spiro atoms. The summed E-state index contributed by atoms with van der Waals surface area (Å²) < 4.78 is 0. The first-order valence-corrected chi connectivity index (χ1v) is 7.06. The van der Waals surface area contributed by atoms with E-state index in [4.69, 9.17) is 0 Å². The summed E-state index contributed by atoms with van der Waals surface area (Å²) in [6, 6.07) is 0. The van der Waals surface area contributed by atoms with Crippen LogP contribution in [-0.2, 0) is 0 Å². The second-order valence-corrected chi connectivity index (χ2v) is 5.64. The summed E-state index contributed by atoms with van der Waals surface area (Å²) in [4.78, 5) is 10.1. The minimum atomic E-state index is 1.24. The highest BCUT2D eigenvalue weighted by Crippen LogP contribution is 2.03. The van der Waals surface area contributed by atoms with Crippen molar-refractivity contribution in [1.29, 1.82) is 0 Å². The lowest BCUT2D eigenvalue weighted by atomic mass is 10.2. The SMILES string of the molecule is CN1CCN(CCCN2CCN(C)CC2)CC1. The minimum Gasteiger partial charge on any atom is -0.304 e. The molecule has 2 rings (SSSR count). The lowest BCUT2D eigenvalue weighted by Gasteiger charge is -2.34. The van der Waals surface area contributed by atoms with E-state index in [9.17, 15) is 0 Å². The van der Waals surface area contributed by atoms with E-state index in [0.717, 1.165) is 0 Å². The highest BCUT2D eigenvalue weighted by atomic mass is 15.3. The van der Waals surface area contributed by atoms with Gasteiger partial charge in [-0.1, -0.05) is 0 Å². The molecule has 17 heavy (non-hydrogen) atoms. The lowest BCUT2D eigenvalue weighted by Crippen LogP contribution is -2.47. The average Bonchev–Trinajstić information content (AvgIpc) is 2.34. The van der Waals surface area contributed by atoms with Crippen LogP contribution in [0.2, 0.25) is 0 Å². The molecule has 0 unspecified atom stereocenters. The van der Waals surface area contributed by atoms with E-state index >= 15 is 0 Å². The van der Waals surface area contributed by atoms with Crippen molar-refractivity contribution >= 4 is 0 Å². The van der Waals surface area contributed by atoms with Crippen LogP contribution in [0.3, 0.4) is 0 Å². The van der Waals surface area contributed by atoms with Crippen LogP contribution in [-0.4, -0.2) is 99.1 Å². The van der Waals surface area contributed by atoms with Crippen LogP contribution in [0.4, 0.5) is 0 Å². The first kappa shape index (κ1) is 13.3. The second kappa shape index (κ2) is 6.69. The molecule has 4 nitrogen and oxygen atoms in total. The first-order chi connectivity index (χ1) is 8.24. The average molecular weight is 240 g/mol. The smallest absolute Gasteiger partial charge is 0.0110 e. The topological polar surface area (TPSA) is 13.0 Å². The summed E-state index contributed by atoms with van der Waals surface area (Å²) in [6.45, 7) is 12.6. The van der Waals surface area contributed by atoms with Gasteiger partial charge in [0.1, 0.15) is 0 Å². The van der Waals surface area contributed by atoms with Crippen LogP contribution >= 0.6 is 0 Å². The Kier molecular flexibility index (Phi) is 5.22. The van der Waals surface area contributed by atoms with E-state index < -0.39 is 0 Å². The molecule has 0 bridgehead atoms. The highest BCUT2D eigenvalue weighted by molar-refractivity contribution is 4.72. The zero-order valence-corrected chi connectivity index (χ0v) is 11.6. The second-order valence-electron chi connectivity index (χ2n) is 5.64. The van der Waals surface area contributed by atoms with E-state index in [1.165, 1.54) is 71.9 Å². The number of hydrogen-bond donors (Lipinski definition) is 0. The van der Waals surface area contributed by atoms with E-state index in [0.29, 0.717) is 0 Å². The van der Waals surface area contributed by atoms with Crippen molar-refractivity contribution in [3.8, 4) is 0 Å². The third-order valence-electron chi connectivity index (χ3n) is 4.14. The monoisotopic (exact) mass is 240 g/mol. The molecule has 0 aromatic carbocycles. The molecule has 2 heterocycles. The van der Waals surface area contributed by atoms with Gasteiger partial charge in [0.25, 0.3) is 0 Å². The van der Waals surface area contributed by atoms with Gasteiger partial charge in [-0.15, -0.1) is 0 Å². The van der Waals surface area contributed by atoms with E-state index in [1.807, 2.05) is 0 Å². The summed E-state index contributed by atoms with van der Waals surface area (Å²) in [5.41, 5.74) is 0. The molecule has 0 atom stereocenters. The lowest BCUT2D eigenvalue weighted by molar-refractivity contribution is 0.128. The van der Waals surface area contributed by atoms with Gasteiger partial charge in [0, 0.05) is 52.4 Å². The number of piperazine rings is 2. The van der Waals surface area contributed by atoms with Gasteiger partial charge >= 0.3 is 0 Å². The van der Waals surface area contributed by atoms with Crippen molar-refractivity contribution in [2.75, 3.05) is 79.5 Å². The molecule has 0 saturated carbocycles. The molecule has 4 heteroatoms. The van der Waals surface area contributed by atoms with Crippen LogP contribution in [0.15, 0.2) is 0 Å². The molecule has 2 aliphatic rings. The zero-order valence-electron chi connectivity index (χ0n) is 11.6. The number of nitrogens with zero attached hydrogens (tertiary/aromatic N) is 4. The molecule has 0 aromatic rings. The van der Waals surface area contributed by atoms with E-state index in [2.05, 4.69) is 33.7 Å². The van der Waals surface area contributed by atoms with E-state index in [-0.39, 0.29) is 0 Å². The summed E-state index contributed by atoms with van der Waals surface area (Å²) in [6.07, 6.45) is 1.34. The van der Waals surface area contributed by atoms with Crippen LogP contribution < -0.4 is 0 Å². The standard InChI is InChI=1S/C13H28N4/c1-14-6-10-16(11-7-14)4-3-5-17-12-8-15(2)9-13-17/h3-13H2,1-2H3. The predicted molar refractivity (Wildman–Crippen MR) is 72.5 cm³/mol. The number of likely N-dealkylation sites (N-methyl/N-ethyl adjacent to an activating group) is 2. The van der Waals surface area contributed by atoms with Crippen molar-refractivity contribution < 1.29 is 0 Å². The van der Waals surface area contributed by atoms with Gasteiger partial charge in [0.05, 0.1) is 0 Å². The van der Waals surface area contributed by atoms with Gasteiger partial charge in [-0.05, 0) is 33.6 Å². The largest absolute Gasteiger partial charge is 0.304 e. The van der Waals surface area contributed by atoms with Crippen molar-refractivity contribution in [3.63, 3.8) is 0 Å². The van der Waals surface area contributed by atoms with Crippen LogP contribution in [0, 0.1) is 0 Å². The van der Waals surface area contributed by atoms with Gasteiger partial charge < -0.3 is 19.6 Å². The zero-order chi connectivity index (χ0) is 12.1. The maximum Gasteiger partial charge on any atom is 0.0110 e.